The molecule has 1 aliphatic rings. The Morgan fingerprint density at radius 1 is 1.21 bits per heavy atom. The maximum absolute atomic E-state index is 12.6. The van der Waals surface area contributed by atoms with Crippen molar-refractivity contribution in [1.82, 2.24) is 15.0 Å². The first-order valence-electron chi connectivity index (χ1n) is 9.42. The van der Waals surface area contributed by atoms with Gasteiger partial charge in [-0.15, -0.1) is 11.3 Å². The van der Waals surface area contributed by atoms with E-state index in [1.165, 1.54) is 11.3 Å². The van der Waals surface area contributed by atoms with Crippen molar-refractivity contribution in [3.05, 3.63) is 28.5 Å². The Morgan fingerprint density at radius 3 is 2.54 bits per heavy atom. The second-order valence-corrected chi connectivity index (χ2v) is 7.69. The molecule has 28 heavy (non-hydrogen) atoms. The Kier molecular flexibility index (Phi) is 6.56. The Labute approximate surface area is 168 Å². The molecule has 2 aromatic rings. The number of carbonyl (C=O) groups excluding carboxylic acids is 2. The molecule has 150 valence electrons. The van der Waals surface area contributed by atoms with Crippen LogP contribution < -0.4 is 10.2 Å². The summed E-state index contributed by atoms with van der Waals surface area (Å²) in [5, 5.41) is 5.17. The van der Waals surface area contributed by atoms with Gasteiger partial charge in [-0.2, -0.15) is 0 Å². The molecule has 0 saturated carbocycles. The van der Waals surface area contributed by atoms with Gasteiger partial charge in [0.15, 0.2) is 5.13 Å². The van der Waals surface area contributed by atoms with Crippen LogP contribution in [-0.2, 0) is 20.7 Å². The molecular weight excluding hydrogens is 378 g/mol. The quantitative estimate of drug-likeness (QED) is 0.740. The van der Waals surface area contributed by atoms with Gasteiger partial charge >= 0.3 is 5.97 Å². The van der Waals surface area contributed by atoms with Crippen LogP contribution in [0.15, 0.2) is 11.4 Å². The van der Waals surface area contributed by atoms with Gasteiger partial charge in [-0.1, -0.05) is 0 Å². The standard InChI is InChI=1S/C19H25N5O3S/c1-4-27-16(25)10-15-11-28-19(22-15)23-17(26)14-5-7-24(8-6-14)18-20-12(2)9-13(3)21-18/h9,11,14H,4-8,10H2,1-3H3,(H,22,23,26). The van der Waals surface area contributed by atoms with Crippen molar-refractivity contribution in [3.8, 4) is 0 Å². The van der Waals surface area contributed by atoms with Crippen LogP contribution in [0.1, 0.15) is 36.8 Å². The lowest BCUT2D eigenvalue weighted by molar-refractivity contribution is -0.142. The molecule has 3 rings (SSSR count). The molecule has 8 nitrogen and oxygen atoms in total. The zero-order chi connectivity index (χ0) is 20.1. The topological polar surface area (TPSA) is 97.3 Å². The number of carbonyl (C=O) groups is 2. The van der Waals surface area contributed by atoms with E-state index < -0.39 is 0 Å². The van der Waals surface area contributed by atoms with Crippen molar-refractivity contribution in [2.24, 2.45) is 5.92 Å². The van der Waals surface area contributed by atoms with Crippen LogP contribution in [0.2, 0.25) is 0 Å². The minimum Gasteiger partial charge on any atom is -0.466 e. The number of piperidine rings is 1. The van der Waals surface area contributed by atoms with Gasteiger partial charge in [0.1, 0.15) is 0 Å². The van der Waals surface area contributed by atoms with Gasteiger partial charge < -0.3 is 15.0 Å². The summed E-state index contributed by atoms with van der Waals surface area (Å²) in [6.07, 6.45) is 1.60. The molecule has 2 aromatic heterocycles. The summed E-state index contributed by atoms with van der Waals surface area (Å²) < 4.78 is 4.92. The zero-order valence-electron chi connectivity index (χ0n) is 16.4. The minimum absolute atomic E-state index is 0.0296. The number of esters is 1. The summed E-state index contributed by atoms with van der Waals surface area (Å²) in [6, 6.07) is 1.95. The number of aromatic nitrogens is 3. The van der Waals surface area contributed by atoms with E-state index in [4.69, 9.17) is 4.74 Å². The van der Waals surface area contributed by atoms with Crippen LogP contribution in [0, 0.1) is 19.8 Å². The molecule has 1 aliphatic heterocycles. The highest BCUT2D eigenvalue weighted by molar-refractivity contribution is 7.13. The fourth-order valence-corrected chi connectivity index (χ4v) is 3.92. The van der Waals surface area contributed by atoms with Crippen LogP contribution in [0.4, 0.5) is 11.1 Å². The van der Waals surface area contributed by atoms with Crippen LogP contribution in [0.3, 0.4) is 0 Å². The van der Waals surface area contributed by atoms with E-state index in [1.807, 2.05) is 19.9 Å². The van der Waals surface area contributed by atoms with E-state index in [1.54, 1.807) is 12.3 Å². The Bertz CT molecular complexity index is 826. The first kappa shape index (κ1) is 20.2. The van der Waals surface area contributed by atoms with Crippen LogP contribution in [0.5, 0.6) is 0 Å². The van der Waals surface area contributed by atoms with E-state index in [0.717, 1.165) is 43.3 Å². The normalized spacial score (nSPS) is 14.8. The molecule has 0 aliphatic carbocycles. The number of rotatable bonds is 6. The molecule has 1 N–H and O–H groups in total. The largest absolute Gasteiger partial charge is 0.466 e. The van der Waals surface area contributed by atoms with Crippen molar-refractivity contribution in [1.29, 1.82) is 0 Å². The lowest BCUT2D eigenvalue weighted by Crippen LogP contribution is -2.39. The number of ether oxygens (including phenoxy) is 1. The van der Waals surface area contributed by atoms with Crippen molar-refractivity contribution in [3.63, 3.8) is 0 Å². The van der Waals surface area contributed by atoms with Gasteiger partial charge in [-0.3, -0.25) is 9.59 Å². The van der Waals surface area contributed by atoms with Crippen LogP contribution in [-0.4, -0.2) is 46.5 Å². The van der Waals surface area contributed by atoms with E-state index >= 15 is 0 Å². The molecule has 1 amide bonds. The average Bonchev–Trinajstić information content (AvgIpc) is 3.08. The number of aryl methyl sites for hydroxylation is 2. The number of thiazole rings is 1. The monoisotopic (exact) mass is 403 g/mol. The van der Waals surface area contributed by atoms with E-state index in [2.05, 4.69) is 25.2 Å². The number of hydrogen-bond donors (Lipinski definition) is 1. The summed E-state index contributed by atoms with van der Waals surface area (Å²) in [5.41, 5.74) is 2.51. The molecule has 0 radical (unpaired) electrons. The Hall–Kier alpha value is -2.55. The predicted molar refractivity (Wildman–Crippen MR) is 108 cm³/mol. The highest BCUT2D eigenvalue weighted by atomic mass is 32.1. The fourth-order valence-electron chi connectivity index (χ4n) is 3.20. The lowest BCUT2D eigenvalue weighted by atomic mass is 9.96. The van der Waals surface area contributed by atoms with Gasteiger partial charge in [-0.05, 0) is 39.7 Å². The van der Waals surface area contributed by atoms with Crippen LogP contribution >= 0.6 is 11.3 Å². The molecule has 3 heterocycles. The highest BCUT2D eigenvalue weighted by Gasteiger charge is 2.27. The van der Waals surface area contributed by atoms with Gasteiger partial charge in [0.2, 0.25) is 11.9 Å². The number of nitrogens with zero attached hydrogens (tertiary/aromatic N) is 4. The molecule has 0 atom stereocenters. The van der Waals surface area contributed by atoms with E-state index in [-0.39, 0.29) is 24.2 Å². The first-order chi connectivity index (χ1) is 13.4. The second kappa shape index (κ2) is 9.09. The predicted octanol–water partition coefficient (Wildman–Crippen LogP) is 2.51. The molecule has 1 saturated heterocycles. The number of anilines is 2. The summed E-state index contributed by atoms with van der Waals surface area (Å²) in [5.74, 6) is 0.323. The Morgan fingerprint density at radius 2 is 1.89 bits per heavy atom. The first-order valence-corrected chi connectivity index (χ1v) is 10.3. The van der Waals surface area contributed by atoms with Gasteiger partial charge in [-0.25, -0.2) is 15.0 Å². The van der Waals surface area contributed by atoms with E-state index in [0.29, 0.717) is 17.4 Å². The number of nitrogens with one attached hydrogen (secondary N) is 1. The molecule has 0 unspecified atom stereocenters. The van der Waals surface area contributed by atoms with Crippen molar-refractivity contribution < 1.29 is 14.3 Å². The summed E-state index contributed by atoms with van der Waals surface area (Å²) in [7, 11) is 0. The van der Waals surface area contributed by atoms with Crippen molar-refractivity contribution in [2.75, 3.05) is 29.9 Å². The summed E-state index contributed by atoms with van der Waals surface area (Å²) in [4.78, 5) is 39.5. The van der Waals surface area contributed by atoms with Gasteiger partial charge in [0.25, 0.3) is 0 Å². The minimum atomic E-state index is -0.313. The number of hydrogen-bond acceptors (Lipinski definition) is 8. The molecule has 9 heteroatoms. The SMILES string of the molecule is CCOC(=O)Cc1csc(NC(=O)C2CCN(c3nc(C)cc(C)n3)CC2)n1. The van der Waals surface area contributed by atoms with Gasteiger partial charge in [0, 0.05) is 35.8 Å². The summed E-state index contributed by atoms with van der Waals surface area (Å²) >= 11 is 1.32. The molecule has 0 bridgehead atoms. The highest BCUT2D eigenvalue weighted by Crippen LogP contribution is 2.24. The number of amides is 1. The zero-order valence-corrected chi connectivity index (χ0v) is 17.2. The van der Waals surface area contributed by atoms with Gasteiger partial charge in [0.05, 0.1) is 18.7 Å². The Balaban J connectivity index is 1.51. The van der Waals surface area contributed by atoms with Crippen LogP contribution in [0.25, 0.3) is 0 Å². The molecular formula is C19H25N5O3S. The molecule has 0 aromatic carbocycles. The van der Waals surface area contributed by atoms with E-state index in [9.17, 15) is 9.59 Å². The fraction of sp³-hybridized carbons (Fsp3) is 0.526. The third-order valence-electron chi connectivity index (χ3n) is 4.53. The second-order valence-electron chi connectivity index (χ2n) is 6.83. The van der Waals surface area contributed by atoms with Crippen molar-refractivity contribution in [2.45, 2.75) is 40.0 Å². The molecule has 1 fully saturated rings. The maximum atomic E-state index is 12.6. The third-order valence-corrected chi connectivity index (χ3v) is 5.34. The molecule has 0 spiro atoms. The average molecular weight is 404 g/mol. The smallest absolute Gasteiger partial charge is 0.311 e. The summed E-state index contributed by atoms with van der Waals surface area (Å²) in [6.45, 7) is 7.52. The lowest BCUT2D eigenvalue weighted by Gasteiger charge is -2.31. The third kappa shape index (κ3) is 5.25. The maximum Gasteiger partial charge on any atom is 0.311 e. The van der Waals surface area contributed by atoms with Crippen molar-refractivity contribution >= 4 is 34.3 Å².